The van der Waals surface area contributed by atoms with Gasteiger partial charge in [0.25, 0.3) is 0 Å². The molecule has 1 aromatic carbocycles. The lowest BCUT2D eigenvalue weighted by Crippen LogP contribution is -2.46. The summed E-state index contributed by atoms with van der Waals surface area (Å²) in [7, 11) is 0. The average Bonchev–Trinajstić information content (AvgIpc) is 2.42. The summed E-state index contributed by atoms with van der Waals surface area (Å²) in [6, 6.07) is 10.3. The van der Waals surface area contributed by atoms with Crippen LogP contribution in [0.1, 0.15) is 19.4 Å². The molecule has 2 N–H and O–H groups in total. The molecule has 0 fully saturated rings. The van der Waals surface area contributed by atoms with E-state index in [0.29, 0.717) is 0 Å². The first kappa shape index (κ1) is 15.0. The van der Waals surface area contributed by atoms with Gasteiger partial charge in [-0.15, -0.1) is 0 Å². The van der Waals surface area contributed by atoms with E-state index in [4.69, 9.17) is 10.00 Å². The van der Waals surface area contributed by atoms with E-state index in [1.807, 2.05) is 44.2 Å². The number of carbonyl (C=O) groups excluding carboxylic acids is 1. The molecule has 0 spiro atoms. The molecule has 102 valence electrons. The second-order valence-electron chi connectivity index (χ2n) is 4.55. The number of ether oxygens (including phenoxy) is 1. The van der Waals surface area contributed by atoms with Gasteiger partial charge in [0.15, 0.2) is 6.10 Å². The maximum absolute atomic E-state index is 11.6. The summed E-state index contributed by atoms with van der Waals surface area (Å²) < 4.78 is 5.03. The summed E-state index contributed by atoms with van der Waals surface area (Å²) in [5, 5.41) is 20.7. The predicted octanol–water partition coefficient (Wildman–Crippen LogP) is 1.82. The van der Waals surface area contributed by atoms with Gasteiger partial charge in [-0.05, 0) is 11.5 Å². The number of alkyl carbamates (subject to hydrolysis) is 1. The Labute approximate surface area is 112 Å². The standard InChI is InChI=1S/C14H18N2O3/c1-10(2)13(12(17)8-15)16-14(18)19-9-11-6-4-3-5-7-11/h3-7,10,12-13,17H,9H2,1-2H3,(H,16,18)/t12?,13-/m0/s1. The number of rotatable bonds is 5. The summed E-state index contributed by atoms with van der Waals surface area (Å²) in [5.41, 5.74) is 0.875. The van der Waals surface area contributed by atoms with Crippen molar-refractivity contribution in [3.8, 4) is 6.07 Å². The minimum Gasteiger partial charge on any atom is -0.445 e. The summed E-state index contributed by atoms with van der Waals surface area (Å²) in [6.07, 6.45) is -1.89. The molecule has 0 aliphatic carbocycles. The summed E-state index contributed by atoms with van der Waals surface area (Å²) >= 11 is 0. The lowest BCUT2D eigenvalue weighted by atomic mass is 10.00. The van der Waals surface area contributed by atoms with Crippen molar-refractivity contribution in [1.29, 1.82) is 5.26 Å². The highest BCUT2D eigenvalue weighted by atomic mass is 16.5. The van der Waals surface area contributed by atoms with Crippen molar-refractivity contribution in [2.24, 2.45) is 5.92 Å². The molecule has 5 nitrogen and oxygen atoms in total. The molecule has 1 rings (SSSR count). The van der Waals surface area contributed by atoms with Crippen molar-refractivity contribution in [3.63, 3.8) is 0 Å². The van der Waals surface area contributed by atoms with Crippen molar-refractivity contribution in [2.45, 2.75) is 32.6 Å². The molecule has 0 saturated heterocycles. The highest BCUT2D eigenvalue weighted by molar-refractivity contribution is 5.67. The second kappa shape index (κ2) is 7.39. The minimum atomic E-state index is -1.25. The van der Waals surface area contributed by atoms with E-state index < -0.39 is 18.2 Å². The molecule has 0 heterocycles. The Balaban J connectivity index is 2.48. The van der Waals surface area contributed by atoms with Crippen LogP contribution in [-0.2, 0) is 11.3 Å². The molecule has 19 heavy (non-hydrogen) atoms. The lowest BCUT2D eigenvalue weighted by molar-refractivity contribution is 0.109. The first-order valence-corrected chi connectivity index (χ1v) is 6.09. The van der Waals surface area contributed by atoms with Gasteiger partial charge >= 0.3 is 6.09 Å². The first-order chi connectivity index (χ1) is 9.04. The van der Waals surface area contributed by atoms with E-state index in [1.54, 1.807) is 6.07 Å². The van der Waals surface area contributed by atoms with Gasteiger partial charge in [0.05, 0.1) is 12.1 Å². The monoisotopic (exact) mass is 262 g/mol. The van der Waals surface area contributed by atoms with Crippen molar-refractivity contribution in [1.82, 2.24) is 5.32 Å². The van der Waals surface area contributed by atoms with Gasteiger partial charge < -0.3 is 15.2 Å². The Morgan fingerprint density at radius 2 is 2.05 bits per heavy atom. The molecule has 0 aliphatic rings. The average molecular weight is 262 g/mol. The van der Waals surface area contributed by atoms with Crippen LogP contribution in [-0.4, -0.2) is 23.3 Å². The molecule has 1 aromatic rings. The molecule has 0 aromatic heterocycles. The van der Waals surface area contributed by atoms with Crippen LogP contribution in [0, 0.1) is 17.2 Å². The van der Waals surface area contributed by atoms with Gasteiger partial charge in [-0.2, -0.15) is 5.26 Å². The lowest BCUT2D eigenvalue weighted by Gasteiger charge is -2.22. The van der Waals surface area contributed by atoms with Crippen LogP contribution < -0.4 is 5.32 Å². The van der Waals surface area contributed by atoms with Crippen LogP contribution in [0.4, 0.5) is 4.79 Å². The number of aliphatic hydroxyl groups excluding tert-OH is 1. The number of nitrogens with zero attached hydrogens (tertiary/aromatic N) is 1. The van der Waals surface area contributed by atoms with Crippen molar-refractivity contribution in [2.75, 3.05) is 0 Å². The number of hydrogen-bond acceptors (Lipinski definition) is 4. The fourth-order valence-corrected chi connectivity index (χ4v) is 1.59. The molecule has 0 saturated carbocycles. The number of amides is 1. The molecular weight excluding hydrogens is 244 g/mol. The minimum absolute atomic E-state index is 0.0704. The third-order valence-corrected chi connectivity index (χ3v) is 2.69. The number of hydrogen-bond donors (Lipinski definition) is 2. The maximum atomic E-state index is 11.6. The smallest absolute Gasteiger partial charge is 0.407 e. The molecule has 1 unspecified atom stereocenters. The molecule has 5 heteroatoms. The van der Waals surface area contributed by atoms with Crippen molar-refractivity contribution in [3.05, 3.63) is 35.9 Å². The number of carbonyl (C=O) groups is 1. The van der Waals surface area contributed by atoms with E-state index in [9.17, 15) is 9.90 Å². The number of benzene rings is 1. The number of aliphatic hydroxyl groups is 1. The van der Waals surface area contributed by atoms with E-state index >= 15 is 0 Å². The maximum Gasteiger partial charge on any atom is 0.407 e. The van der Waals surface area contributed by atoms with Gasteiger partial charge in [-0.3, -0.25) is 0 Å². The number of nitriles is 1. The normalized spacial score (nSPS) is 13.4. The second-order valence-corrected chi connectivity index (χ2v) is 4.55. The van der Waals surface area contributed by atoms with Crippen LogP contribution in [0.3, 0.4) is 0 Å². The van der Waals surface area contributed by atoms with Crippen molar-refractivity contribution >= 4 is 6.09 Å². The predicted molar refractivity (Wildman–Crippen MR) is 70.0 cm³/mol. The molecular formula is C14H18N2O3. The number of nitrogens with one attached hydrogen (secondary N) is 1. The molecule has 0 aliphatic heterocycles. The van der Waals surface area contributed by atoms with E-state index in [0.717, 1.165) is 5.56 Å². The third-order valence-electron chi connectivity index (χ3n) is 2.69. The molecule has 2 atom stereocenters. The van der Waals surface area contributed by atoms with E-state index in [1.165, 1.54) is 0 Å². The zero-order valence-corrected chi connectivity index (χ0v) is 11.0. The molecule has 0 bridgehead atoms. The van der Waals surface area contributed by atoms with Crippen LogP contribution >= 0.6 is 0 Å². The van der Waals surface area contributed by atoms with Gasteiger partial charge in [0.1, 0.15) is 6.61 Å². The largest absolute Gasteiger partial charge is 0.445 e. The SMILES string of the molecule is CC(C)[C@H](NC(=O)OCc1ccccc1)C(O)C#N. The summed E-state index contributed by atoms with van der Waals surface area (Å²) in [4.78, 5) is 11.6. The third kappa shape index (κ3) is 4.98. The Morgan fingerprint density at radius 3 is 2.58 bits per heavy atom. The Bertz CT molecular complexity index is 440. The highest BCUT2D eigenvalue weighted by Crippen LogP contribution is 2.07. The van der Waals surface area contributed by atoms with Crippen LogP contribution in [0.2, 0.25) is 0 Å². The van der Waals surface area contributed by atoms with Gasteiger partial charge in [-0.25, -0.2) is 4.79 Å². The molecule has 0 radical (unpaired) electrons. The topological polar surface area (TPSA) is 82.3 Å². The van der Waals surface area contributed by atoms with E-state index in [-0.39, 0.29) is 12.5 Å². The van der Waals surface area contributed by atoms with Crippen LogP contribution in [0.15, 0.2) is 30.3 Å². The zero-order valence-electron chi connectivity index (χ0n) is 11.0. The summed E-state index contributed by atoms with van der Waals surface area (Å²) in [5.74, 6) is -0.0704. The molecule has 1 amide bonds. The van der Waals surface area contributed by atoms with Crippen LogP contribution in [0.25, 0.3) is 0 Å². The van der Waals surface area contributed by atoms with Crippen LogP contribution in [0.5, 0.6) is 0 Å². The zero-order chi connectivity index (χ0) is 14.3. The quantitative estimate of drug-likeness (QED) is 0.793. The Hall–Kier alpha value is -2.06. The Kier molecular flexibility index (Phi) is 5.83. The first-order valence-electron chi connectivity index (χ1n) is 6.09. The fourth-order valence-electron chi connectivity index (χ4n) is 1.59. The van der Waals surface area contributed by atoms with Gasteiger partial charge in [0, 0.05) is 0 Å². The van der Waals surface area contributed by atoms with Crippen molar-refractivity contribution < 1.29 is 14.6 Å². The fraction of sp³-hybridized carbons (Fsp3) is 0.429. The Morgan fingerprint density at radius 1 is 1.42 bits per heavy atom. The van der Waals surface area contributed by atoms with Gasteiger partial charge in [0.2, 0.25) is 0 Å². The van der Waals surface area contributed by atoms with E-state index in [2.05, 4.69) is 5.32 Å². The summed E-state index contributed by atoms with van der Waals surface area (Å²) in [6.45, 7) is 3.77. The van der Waals surface area contributed by atoms with Gasteiger partial charge in [-0.1, -0.05) is 44.2 Å². The highest BCUT2D eigenvalue weighted by Gasteiger charge is 2.24.